The van der Waals surface area contributed by atoms with Gasteiger partial charge in [-0.25, -0.2) is 4.99 Å². The third-order valence-corrected chi connectivity index (χ3v) is 5.21. The quantitative estimate of drug-likeness (QED) is 0.592. The Morgan fingerprint density at radius 2 is 1.93 bits per heavy atom. The number of hydrogen-bond donors (Lipinski definition) is 0. The van der Waals surface area contributed by atoms with Crippen LogP contribution in [-0.2, 0) is 14.3 Å². The van der Waals surface area contributed by atoms with Crippen LogP contribution in [0.5, 0.6) is 5.75 Å². The maximum atomic E-state index is 12.4. The topological polar surface area (TPSA) is 57.1 Å². The number of ether oxygens (including phenoxy) is 3. The van der Waals surface area contributed by atoms with Crippen molar-refractivity contribution in [3.05, 3.63) is 53.6 Å². The molecule has 0 amide bonds. The molecule has 1 aliphatic rings. The number of methoxy groups -OCH3 is 2. The summed E-state index contributed by atoms with van der Waals surface area (Å²) in [5, 5.41) is 0. The van der Waals surface area contributed by atoms with E-state index < -0.39 is 0 Å². The number of unbranched alkanes of at least 4 members (excludes halogenated alkanes) is 1. The van der Waals surface area contributed by atoms with Gasteiger partial charge in [-0.1, -0.05) is 44.0 Å². The molecule has 2 aromatic carbocycles. The van der Waals surface area contributed by atoms with E-state index in [1.807, 2.05) is 49.4 Å². The number of aliphatic imine (C=N–C) groups is 1. The lowest BCUT2D eigenvalue weighted by Crippen LogP contribution is -2.16. The molecule has 0 bridgehead atoms. The number of carbonyl (C=O) groups is 1. The van der Waals surface area contributed by atoms with Gasteiger partial charge in [0.15, 0.2) is 0 Å². The average molecular weight is 395 g/mol. The van der Waals surface area contributed by atoms with Crippen LogP contribution < -0.4 is 4.74 Å². The third-order valence-electron chi connectivity index (χ3n) is 5.21. The first-order valence-electron chi connectivity index (χ1n) is 10.1. The van der Waals surface area contributed by atoms with Crippen LogP contribution in [0.25, 0.3) is 11.1 Å². The highest BCUT2D eigenvalue weighted by Crippen LogP contribution is 2.32. The van der Waals surface area contributed by atoms with Gasteiger partial charge in [0.05, 0.1) is 26.7 Å². The van der Waals surface area contributed by atoms with Crippen LogP contribution in [-0.4, -0.2) is 38.7 Å². The Bertz CT molecular complexity index is 873. The van der Waals surface area contributed by atoms with Crippen molar-refractivity contribution in [2.24, 2.45) is 4.99 Å². The van der Waals surface area contributed by atoms with Crippen molar-refractivity contribution < 1.29 is 19.0 Å². The molecule has 29 heavy (non-hydrogen) atoms. The van der Waals surface area contributed by atoms with E-state index in [2.05, 4.69) is 11.9 Å². The van der Waals surface area contributed by atoms with E-state index in [1.165, 1.54) is 7.11 Å². The summed E-state index contributed by atoms with van der Waals surface area (Å²) in [7, 11) is 3.10. The highest BCUT2D eigenvalue weighted by Gasteiger charge is 2.25. The third kappa shape index (κ3) is 4.78. The van der Waals surface area contributed by atoms with Crippen molar-refractivity contribution in [1.82, 2.24) is 0 Å². The second-order valence-electron chi connectivity index (χ2n) is 7.33. The lowest BCUT2D eigenvalue weighted by molar-refractivity contribution is -0.142. The zero-order valence-electron chi connectivity index (χ0n) is 17.6. The Kier molecular flexibility index (Phi) is 6.91. The summed E-state index contributed by atoms with van der Waals surface area (Å²) in [6.45, 7) is 4.76. The number of rotatable bonds is 8. The molecule has 0 aromatic heterocycles. The van der Waals surface area contributed by atoms with Crippen LogP contribution in [0, 0.1) is 0 Å². The Labute approximate surface area is 172 Å². The molecule has 2 atom stereocenters. The van der Waals surface area contributed by atoms with Gasteiger partial charge >= 0.3 is 5.97 Å². The van der Waals surface area contributed by atoms with Crippen molar-refractivity contribution in [3.8, 4) is 16.9 Å². The predicted octanol–water partition coefficient (Wildman–Crippen LogP) is 4.97. The Hall–Kier alpha value is -2.82. The van der Waals surface area contributed by atoms with Gasteiger partial charge in [0, 0.05) is 5.56 Å². The van der Waals surface area contributed by atoms with Gasteiger partial charge in [-0.05, 0) is 48.2 Å². The first-order chi connectivity index (χ1) is 14.1. The van der Waals surface area contributed by atoms with Crippen molar-refractivity contribution in [2.45, 2.75) is 45.1 Å². The van der Waals surface area contributed by atoms with Crippen LogP contribution >= 0.6 is 0 Å². The molecule has 0 spiro atoms. The maximum absolute atomic E-state index is 12.4. The molecule has 5 nitrogen and oxygen atoms in total. The highest BCUT2D eigenvalue weighted by atomic mass is 16.5. The van der Waals surface area contributed by atoms with Gasteiger partial charge in [-0.2, -0.15) is 0 Å². The SMILES string of the molecule is CCCCC(C(=O)OC)c1ccc(-c2ccc(OC)cc2)c(C2=NCC(C)O2)c1. The molecule has 1 heterocycles. The van der Waals surface area contributed by atoms with Gasteiger partial charge in [0.25, 0.3) is 0 Å². The zero-order valence-corrected chi connectivity index (χ0v) is 17.6. The molecule has 0 radical (unpaired) electrons. The highest BCUT2D eigenvalue weighted by molar-refractivity contribution is 6.02. The minimum Gasteiger partial charge on any atom is -0.497 e. The Balaban J connectivity index is 2.05. The number of benzene rings is 2. The largest absolute Gasteiger partial charge is 0.497 e. The molecule has 2 unspecified atom stereocenters. The summed E-state index contributed by atoms with van der Waals surface area (Å²) >= 11 is 0. The van der Waals surface area contributed by atoms with Gasteiger partial charge < -0.3 is 14.2 Å². The zero-order chi connectivity index (χ0) is 20.8. The second kappa shape index (κ2) is 9.59. The molecule has 0 aliphatic carbocycles. The summed E-state index contributed by atoms with van der Waals surface area (Å²) in [5.74, 6) is 0.942. The van der Waals surface area contributed by atoms with Crippen molar-refractivity contribution in [3.63, 3.8) is 0 Å². The first-order valence-corrected chi connectivity index (χ1v) is 10.1. The molecule has 0 saturated heterocycles. The van der Waals surface area contributed by atoms with Gasteiger partial charge in [0.1, 0.15) is 11.9 Å². The molecular formula is C24H29NO4. The summed E-state index contributed by atoms with van der Waals surface area (Å²) in [4.78, 5) is 17.0. The lowest BCUT2D eigenvalue weighted by atomic mass is 9.89. The number of carbonyl (C=O) groups excluding carboxylic acids is 1. The molecule has 0 fully saturated rings. The fourth-order valence-electron chi connectivity index (χ4n) is 3.57. The van der Waals surface area contributed by atoms with E-state index in [0.29, 0.717) is 12.4 Å². The van der Waals surface area contributed by atoms with E-state index in [0.717, 1.165) is 47.3 Å². The molecule has 5 heteroatoms. The van der Waals surface area contributed by atoms with Crippen LogP contribution in [0.15, 0.2) is 47.5 Å². The van der Waals surface area contributed by atoms with Crippen molar-refractivity contribution in [1.29, 1.82) is 0 Å². The summed E-state index contributed by atoms with van der Waals surface area (Å²) in [5.41, 5.74) is 3.90. The normalized spacial score (nSPS) is 16.7. The minimum atomic E-state index is -0.289. The van der Waals surface area contributed by atoms with Crippen LogP contribution in [0.1, 0.15) is 50.2 Å². The summed E-state index contributed by atoms with van der Waals surface area (Å²) in [6, 6.07) is 14.0. The van der Waals surface area contributed by atoms with E-state index in [-0.39, 0.29) is 18.0 Å². The molecule has 1 aliphatic heterocycles. The van der Waals surface area contributed by atoms with Crippen LogP contribution in [0.3, 0.4) is 0 Å². The summed E-state index contributed by atoms with van der Waals surface area (Å²) < 4.78 is 16.3. The van der Waals surface area contributed by atoms with Gasteiger partial charge in [-0.3, -0.25) is 4.79 Å². The molecule has 0 saturated carbocycles. The number of esters is 1. The van der Waals surface area contributed by atoms with Gasteiger partial charge in [-0.15, -0.1) is 0 Å². The van der Waals surface area contributed by atoms with E-state index >= 15 is 0 Å². The average Bonchev–Trinajstić information content (AvgIpc) is 3.20. The summed E-state index contributed by atoms with van der Waals surface area (Å²) in [6.07, 6.45) is 2.80. The van der Waals surface area contributed by atoms with Crippen molar-refractivity contribution >= 4 is 11.9 Å². The second-order valence-corrected chi connectivity index (χ2v) is 7.33. The number of hydrogen-bond acceptors (Lipinski definition) is 5. The first kappa shape index (κ1) is 20.9. The van der Waals surface area contributed by atoms with Crippen LogP contribution in [0.4, 0.5) is 0 Å². The molecular weight excluding hydrogens is 366 g/mol. The van der Waals surface area contributed by atoms with Crippen LogP contribution in [0.2, 0.25) is 0 Å². The minimum absolute atomic E-state index is 0.0499. The number of nitrogens with zero attached hydrogens (tertiary/aromatic N) is 1. The molecule has 154 valence electrons. The standard InChI is InChI=1S/C24H29NO4/c1-5-6-7-21(24(26)28-4)18-10-13-20(17-8-11-19(27-3)12-9-17)22(14-18)23-25-15-16(2)29-23/h8-14,16,21H,5-7,15H2,1-4H3. The van der Waals surface area contributed by atoms with E-state index in [4.69, 9.17) is 14.2 Å². The van der Waals surface area contributed by atoms with E-state index in [9.17, 15) is 4.79 Å². The Morgan fingerprint density at radius 3 is 2.52 bits per heavy atom. The predicted molar refractivity (Wildman–Crippen MR) is 115 cm³/mol. The fourth-order valence-corrected chi connectivity index (χ4v) is 3.57. The lowest BCUT2D eigenvalue weighted by Gasteiger charge is -2.18. The fraction of sp³-hybridized carbons (Fsp3) is 0.417. The Morgan fingerprint density at radius 1 is 1.17 bits per heavy atom. The maximum Gasteiger partial charge on any atom is 0.313 e. The molecule has 2 aromatic rings. The van der Waals surface area contributed by atoms with E-state index in [1.54, 1.807) is 7.11 Å². The van der Waals surface area contributed by atoms with Crippen molar-refractivity contribution in [2.75, 3.05) is 20.8 Å². The molecule has 0 N–H and O–H groups in total. The van der Waals surface area contributed by atoms with Gasteiger partial charge in [0.2, 0.25) is 5.90 Å². The smallest absolute Gasteiger partial charge is 0.313 e. The monoisotopic (exact) mass is 395 g/mol. The molecule has 3 rings (SSSR count).